The number of anilines is 3. The fourth-order valence-electron chi connectivity index (χ4n) is 1.91. The predicted octanol–water partition coefficient (Wildman–Crippen LogP) is 1.80. The fourth-order valence-corrected chi connectivity index (χ4v) is 2.38. The molecule has 0 bridgehead atoms. The van der Waals surface area contributed by atoms with Crippen molar-refractivity contribution in [3.63, 3.8) is 0 Å². The largest absolute Gasteiger partial charge is 0.353 e. The minimum absolute atomic E-state index is 0.275. The summed E-state index contributed by atoms with van der Waals surface area (Å²) in [5.41, 5.74) is 2.95. The van der Waals surface area contributed by atoms with Gasteiger partial charge in [-0.25, -0.2) is 18.1 Å². The van der Waals surface area contributed by atoms with E-state index in [0.717, 1.165) is 17.6 Å². The van der Waals surface area contributed by atoms with Crippen LogP contribution in [0.5, 0.6) is 0 Å². The molecular formula is C15H21N5O2S. The van der Waals surface area contributed by atoms with Gasteiger partial charge in [0, 0.05) is 30.5 Å². The van der Waals surface area contributed by atoms with Crippen molar-refractivity contribution >= 4 is 27.5 Å². The number of nitrogens with zero attached hydrogens (tertiary/aromatic N) is 2. The number of benzene rings is 1. The maximum Gasteiger partial charge on any atom is 0.224 e. The van der Waals surface area contributed by atoms with Crippen LogP contribution < -0.4 is 15.4 Å². The van der Waals surface area contributed by atoms with Crippen LogP contribution in [0, 0.1) is 13.8 Å². The molecule has 0 saturated carbocycles. The van der Waals surface area contributed by atoms with Crippen LogP contribution in [0.2, 0.25) is 0 Å². The molecule has 1 aromatic carbocycles. The number of rotatable bonds is 7. The molecule has 1 heterocycles. The first-order valence-electron chi connectivity index (χ1n) is 7.20. The third-order valence-electron chi connectivity index (χ3n) is 2.95. The molecule has 23 heavy (non-hydrogen) atoms. The summed E-state index contributed by atoms with van der Waals surface area (Å²) in [6, 6.07) is 9.85. The smallest absolute Gasteiger partial charge is 0.224 e. The van der Waals surface area contributed by atoms with Gasteiger partial charge in [-0.05, 0) is 26.0 Å². The Hall–Kier alpha value is -2.19. The molecule has 8 heteroatoms. The van der Waals surface area contributed by atoms with Gasteiger partial charge in [-0.15, -0.1) is 0 Å². The number of hydrogen-bond acceptors (Lipinski definition) is 6. The van der Waals surface area contributed by atoms with E-state index in [1.807, 2.05) is 44.2 Å². The van der Waals surface area contributed by atoms with Crippen molar-refractivity contribution in [1.29, 1.82) is 0 Å². The summed E-state index contributed by atoms with van der Waals surface area (Å²) in [5, 5.41) is 6.23. The Morgan fingerprint density at radius 1 is 1.04 bits per heavy atom. The molecule has 7 nitrogen and oxygen atoms in total. The lowest BCUT2D eigenvalue weighted by Crippen LogP contribution is -2.28. The van der Waals surface area contributed by atoms with E-state index in [0.29, 0.717) is 18.3 Å². The third-order valence-corrected chi connectivity index (χ3v) is 3.68. The van der Waals surface area contributed by atoms with E-state index in [1.165, 1.54) is 5.56 Å². The molecule has 2 aromatic rings. The molecule has 0 atom stereocenters. The van der Waals surface area contributed by atoms with Gasteiger partial charge >= 0.3 is 0 Å². The van der Waals surface area contributed by atoms with Gasteiger partial charge in [0.2, 0.25) is 16.0 Å². The van der Waals surface area contributed by atoms with Gasteiger partial charge in [0.15, 0.2) is 0 Å². The number of aryl methyl sites for hydroxylation is 2. The second-order valence-electron chi connectivity index (χ2n) is 5.30. The first-order valence-corrected chi connectivity index (χ1v) is 9.09. The van der Waals surface area contributed by atoms with Crippen LogP contribution in [0.3, 0.4) is 0 Å². The highest BCUT2D eigenvalue weighted by Gasteiger charge is 2.04. The molecule has 0 aliphatic heterocycles. The Morgan fingerprint density at radius 3 is 2.39 bits per heavy atom. The van der Waals surface area contributed by atoms with Crippen LogP contribution in [0.25, 0.3) is 0 Å². The van der Waals surface area contributed by atoms with Gasteiger partial charge in [-0.2, -0.15) is 4.98 Å². The molecule has 0 aliphatic carbocycles. The van der Waals surface area contributed by atoms with Crippen LogP contribution in [0.4, 0.5) is 17.5 Å². The lowest BCUT2D eigenvalue weighted by atomic mass is 10.2. The second-order valence-corrected chi connectivity index (χ2v) is 7.14. The molecule has 0 radical (unpaired) electrons. The van der Waals surface area contributed by atoms with E-state index < -0.39 is 10.0 Å². The summed E-state index contributed by atoms with van der Waals surface area (Å²) in [7, 11) is -3.18. The fraction of sp³-hybridized carbons (Fsp3) is 0.333. The van der Waals surface area contributed by atoms with E-state index in [2.05, 4.69) is 25.3 Å². The summed E-state index contributed by atoms with van der Waals surface area (Å²) in [4.78, 5) is 8.66. The summed E-state index contributed by atoms with van der Waals surface area (Å²) in [6.07, 6.45) is 1.12. The van der Waals surface area contributed by atoms with Gasteiger partial charge in [0.1, 0.15) is 5.82 Å². The molecule has 1 aromatic heterocycles. The van der Waals surface area contributed by atoms with E-state index >= 15 is 0 Å². The highest BCUT2D eigenvalue weighted by molar-refractivity contribution is 7.88. The van der Waals surface area contributed by atoms with Crippen LogP contribution in [0.1, 0.15) is 11.3 Å². The van der Waals surface area contributed by atoms with E-state index in [9.17, 15) is 8.42 Å². The Morgan fingerprint density at radius 2 is 1.74 bits per heavy atom. The minimum Gasteiger partial charge on any atom is -0.353 e. The Labute approximate surface area is 136 Å². The summed E-state index contributed by atoms with van der Waals surface area (Å²) >= 11 is 0. The van der Waals surface area contributed by atoms with Gasteiger partial charge in [0.05, 0.1) is 6.26 Å². The van der Waals surface area contributed by atoms with E-state index in [1.54, 1.807) is 0 Å². The van der Waals surface area contributed by atoms with Gasteiger partial charge in [-0.3, -0.25) is 0 Å². The zero-order chi connectivity index (χ0) is 16.9. The molecule has 0 saturated heterocycles. The molecule has 2 rings (SSSR count). The standard InChI is InChI=1S/C15H21N5O2S/c1-11-4-6-13(7-5-11)19-14-10-12(2)18-15(20-14)16-8-9-17-23(3,21)22/h4-7,10,17H,8-9H2,1-3H3,(H2,16,18,19,20). The minimum atomic E-state index is -3.18. The molecule has 0 fully saturated rings. The normalized spacial score (nSPS) is 11.3. The molecule has 0 spiro atoms. The molecule has 3 N–H and O–H groups in total. The van der Waals surface area contributed by atoms with Crippen molar-refractivity contribution in [1.82, 2.24) is 14.7 Å². The monoisotopic (exact) mass is 335 g/mol. The van der Waals surface area contributed by atoms with Crippen LogP contribution in [-0.2, 0) is 10.0 Å². The maximum absolute atomic E-state index is 11.0. The zero-order valence-corrected chi connectivity index (χ0v) is 14.2. The van der Waals surface area contributed by atoms with Crippen molar-refractivity contribution in [2.75, 3.05) is 30.0 Å². The Balaban J connectivity index is 1.99. The molecule has 0 amide bonds. The lowest BCUT2D eigenvalue weighted by Gasteiger charge is -2.10. The van der Waals surface area contributed by atoms with Crippen LogP contribution in [0.15, 0.2) is 30.3 Å². The second kappa shape index (κ2) is 7.38. The number of sulfonamides is 1. The summed E-state index contributed by atoms with van der Waals surface area (Å²) in [6.45, 7) is 4.59. The highest BCUT2D eigenvalue weighted by Crippen LogP contribution is 2.17. The van der Waals surface area contributed by atoms with Crippen LogP contribution in [-0.4, -0.2) is 37.7 Å². The summed E-state index contributed by atoms with van der Waals surface area (Å²) in [5.74, 6) is 1.13. The van der Waals surface area contributed by atoms with E-state index in [-0.39, 0.29) is 6.54 Å². The SMILES string of the molecule is Cc1ccc(Nc2cc(C)nc(NCCNS(C)(=O)=O)n2)cc1. The Kier molecular flexibility index (Phi) is 5.51. The van der Waals surface area contributed by atoms with Gasteiger partial charge in [0.25, 0.3) is 0 Å². The van der Waals surface area contributed by atoms with Crippen LogP contribution >= 0.6 is 0 Å². The average Bonchev–Trinajstić information content (AvgIpc) is 2.45. The first kappa shape index (κ1) is 17.2. The van der Waals surface area contributed by atoms with Crippen molar-refractivity contribution in [3.8, 4) is 0 Å². The van der Waals surface area contributed by atoms with Gasteiger partial charge < -0.3 is 10.6 Å². The van der Waals surface area contributed by atoms with Crippen molar-refractivity contribution in [2.45, 2.75) is 13.8 Å². The number of aromatic nitrogens is 2. The quantitative estimate of drug-likeness (QED) is 0.668. The lowest BCUT2D eigenvalue weighted by molar-refractivity contribution is 0.589. The van der Waals surface area contributed by atoms with Gasteiger partial charge in [-0.1, -0.05) is 17.7 Å². The average molecular weight is 335 g/mol. The van der Waals surface area contributed by atoms with E-state index in [4.69, 9.17) is 0 Å². The molecule has 0 unspecified atom stereocenters. The third kappa shape index (κ3) is 6.21. The molecular weight excluding hydrogens is 314 g/mol. The number of hydrogen-bond donors (Lipinski definition) is 3. The van der Waals surface area contributed by atoms with Crippen molar-refractivity contribution in [3.05, 3.63) is 41.6 Å². The zero-order valence-electron chi connectivity index (χ0n) is 13.4. The predicted molar refractivity (Wildman–Crippen MR) is 92.6 cm³/mol. The summed E-state index contributed by atoms with van der Waals surface area (Å²) < 4.78 is 24.4. The Bertz CT molecular complexity index is 760. The maximum atomic E-state index is 11.0. The molecule has 0 aliphatic rings. The van der Waals surface area contributed by atoms with Crippen molar-refractivity contribution in [2.24, 2.45) is 0 Å². The first-order chi connectivity index (χ1) is 10.8. The molecule has 124 valence electrons. The topological polar surface area (TPSA) is 96.0 Å². The highest BCUT2D eigenvalue weighted by atomic mass is 32.2. The number of nitrogens with one attached hydrogen (secondary N) is 3. The van der Waals surface area contributed by atoms with Crippen molar-refractivity contribution < 1.29 is 8.42 Å².